The van der Waals surface area contributed by atoms with Crippen LogP contribution >= 0.6 is 0 Å². The number of aromatic nitrogens is 2. The number of anilines is 2. The summed E-state index contributed by atoms with van der Waals surface area (Å²) < 4.78 is 5.83. The standard InChI is InChI=1S/C24H23N5O2/c30-24(27-23-17-26-22-4-2-1-3-21(22)23)29-15-13-28(14-16-29)18-5-7-19(8-6-18)31-20-9-11-25-12-10-20/h1-12,17,26H,13-16H2,(H,27,30). The van der Waals surface area contributed by atoms with Crippen molar-refractivity contribution in [3.63, 3.8) is 0 Å². The van der Waals surface area contributed by atoms with E-state index in [0.717, 1.165) is 46.9 Å². The van der Waals surface area contributed by atoms with E-state index in [0.29, 0.717) is 13.1 Å². The highest BCUT2D eigenvalue weighted by Gasteiger charge is 2.22. The van der Waals surface area contributed by atoms with Crippen LogP contribution in [0.15, 0.2) is 79.3 Å². The van der Waals surface area contributed by atoms with Gasteiger partial charge in [0.05, 0.1) is 5.69 Å². The summed E-state index contributed by atoms with van der Waals surface area (Å²) >= 11 is 0. The van der Waals surface area contributed by atoms with E-state index in [1.54, 1.807) is 12.4 Å². The molecule has 4 aromatic rings. The predicted octanol–water partition coefficient (Wildman–Crippen LogP) is 4.71. The first-order valence-corrected chi connectivity index (χ1v) is 10.3. The van der Waals surface area contributed by atoms with Gasteiger partial charge in [0, 0.05) is 61.4 Å². The zero-order chi connectivity index (χ0) is 21.0. The molecular weight excluding hydrogens is 390 g/mol. The number of rotatable bonds is 4. The minimum absolute atomic E-state index is 0.0644. The topological polar surface area (TPSA) is 73.5 Å². The lowest BCUT2D eigenvalue weighted by Crippen LogP contribution is -2.50. The molecule has 2 aromatic heterocycles. The first-order valence-electron chi connectivity index (χ1n) is 10.3. The lowest BCUT2D eigenvalue weighted by Gasteiger charge is -2.36. The number of hydrogen-bond donors (Lipinski definition) is 2. The van der Waals surface area contributed by atoms with Gasteiger partial charge in [0.15, 0.2) is 0 Å². The normalized spacial score (nSPS) is 13.9. The van der Waals surface area contributed by atoms with Crippen LogP contribution in [-0.4, -0.2) is 47.1 Å². The molecule has 31 heavy (non-hydrogen) atoms. The van der Waals surface area contributed by atoms with Crippen molar-refractivity contribution in [2.24, 2.45) is 0 Å². The number of para-hydroxylation sites is 1. The number of aromatic amines is 1. The molecule has 0 saturated carbocycles. The van der Waals surface area contributed by atoms with Crippen LogP contribution in [0.25, 0.3) is 10.9 Å². The number of carbonyl (C=O) groups excluding carboxylic acids is 1. The third-order valence-corrected chi connectivity index (χ3v) is 5.49. The number of H-pyrrole nitrogens is 1. The molecule has 1 aliphatic rings. The van der Waals surface area contributed by atoms with Gasteiger partial charge in [-0.3, -0.25) is 4.98 Å². The van der Waals surface area contributed by atoms with E-state index >= 15 is 0 Å². The van der Waals surface area contributed by atoms with Gasteiger partial charge in [0.1, 0.15) is 11.5 Å². The van der Waals surface area contributed by atoms with Crippen LogP contribution in [0.4, 0.5) is 16.2 Å². The summed E-state index contributed by atoms with van der Waals surface area (Å²) in [5.74, 6) is 1.55. The molecular formula is C24H23N5O2. The monoisotopic (exact) mass is 413 g/mol. The number of carbonyl (C=O) groups is 1. The summed E-state index contributed by atoms with van der Waals surface area (Å²) in [6, 6.07) is 19.6. The van der Waals surface area contributed by atoms with E-state index < -0.39 is 0 Å². The molecule has 1 fully saturated rings. The summed E-state index contributed by atoms with van der Waals surface area (Å²) in [5.41, 5.74) is 2.95. The molecule has 0 unspecified atom stereocenters. The van der Waals surface area contributed by atoms with Crippen LogP contribution in [0.2, 0.25) is 0 Å². The number of piperazine rings is 1. The first kappa shape index (κ1) is 19.0. The number of pyridine rings is 1. The summed E-state index contributed by atoms with van der Waals surface area (Å²) in [4.78, 5) is 24.1. The van der Waals surface area contributed by atoms with Crippen molar-refractivity contribution in [3.8, 4) is 11.5 Å². The predicted molar refractivity (Wildman–Crippen MR) is 122 cm³/mol. The van der Waals surface area contributed by atoms with E-state index in [-0.39, 0.29) is 6.03 Å². The second kappa shape index (κ2) is 8.39. The molecule has 7 heteroatoms. The number of nitrogens with zero attached hydrogens (tertiary/aromatic N) is 3. The summed E-state index contributed by atoms with van der Waals surface area (Å²) in [5, 5.41) is 4.05. The lowest BCUT2D eigenvalue weighted by atomic mass is 10.2. The fourth-order valence-electron chi connectivity index (χ4n) is 3.80. The highest BCUT2D eigenvalue weighted by atomic mass is 16.5. The van der Waals surface area contributed by atoms with Crippen LogP contribution < -0.4 is 15.0 Å². The molecule has 0 aliphatic carbocycles. The molecule has 5 rings (SSSR count). The second-order valence-electron chi connectivity index (χ2n) is 7.43. The van der Waals surface area contributed by atoms with E-state index in [2.05, 4.69) is 32.3 Å². The van der Waals surface area contributed by atoms with Gasteiger partial charge in [-0.05, 0) is 42.5 Å². The number of nitrogens with one attached hydrogen (secondary N) is 2. The van der Waals surface area contributed by atoms with Gasteiger partial charge in [-0.1, -0.05) is 18.2 Å². The van der Waals surface area contributed by atoms with Gasteiger partial charge in [-0.25, -0.2) is 4.79 Å². The average Bonchev–Trinajstić information content (AvgIpc) is 3.23. The van der Waals surface area contributed by atoms with Crippen molar-refractivity contribution in [2.45, 2.75) is 0 Å². The first-order chi connectivity index (χ1) is 15.3. The Morgan fingerprint density at radius 1 is 0.903 bits per heavy atom. The van der Waals surface area contributed by atoms with E-state index in [1.165, 1.54) is 0 Å². The Morgan fingerprint density at radius 2 is 1.61 bits per heavy atom. The number of amides is 2. The fourth-order valence-corrected chi connectivity index (χ4v) is 3.80. The molecule has 2 amide bonds. The van der Waals surface area contributed by atoms with Crippen LogP contribution in [-0.2, 0) is 0 Å². The van der Waals surface area contributed by atoms with Crippen LogP contribution in [0.1, 0.15) is 0 Å². The van der Waals surface area contributed by atoms with Gasteiger partial charge < -0.3 is 24.8 Å². The Morgan fingerprint density at radius 3 is 2.39 bits per heavy atom. The van der Waals surface area contributed by atoms with Crippen molar-refractivity contribution in [1.82, 2.24) is 14.9 Å². The molecule has 1 saturated heterocycles. The lowest BCUT2D eigenvalue weighted by molar-refractivity contribution is 0.208. The van der Waals surface area contributed by atoms with Crippen molar-refractivity contribution >= 4 is 28.3 Å². The van der Waals surface area contributed by atoms with Crippen LogP contribution in [0.5, 0.6) is 11.5 Å². The van der Waals surface area contributed by atoms with Crippen molar-refractivity contribution in [2.75, 3.05) is 36.4 Å². The van der Waals surface area contributed by atoms with Crippen molar-refractivity contribution < 1.29 is 9.53 Å². The maximum atomic E-state index is 12.7. The number of hydrogen-bond acceptors (Lipinski definition) is 4. The van der Waals surface area contributed by atoms with Gasteiger partial charge in [0.2, 0.25) is 0 Å². The molecule has 7 nitrogen and oxygen atoms in total. The number of ether oxygens (including phenoxy) is 1. The molecule has 2 N–H and O–H groups in total. The summed E-state index contributed by atoms with van der Waals surface area (Å²) in [7, 11) is 0. The van der Waals surface area contributed by atoms with Gasteiger partial charge in [-0.2, -0.15) is 0 Å². The van der Waals surface area contributed by atoms with Crippen LogP contribution in [0.3, 0.4) is 0 Å². The molecule has 1 aliphatic heterocycles. The minimum Gasteiger partial charge on any atom is -0.457 e. The molecule has 0 atom stereocenters. The minimum atomic E-state index is -0.0644. The third-order valence-electron chi connectivity index (χ3n) is 5.49. The Kier molecular flexibility index (Phi) is 5.14. The molecule has 0 bridgehead atoms. The molecule has 0 spiro atoms. The number of urea groups is 1. The van der Waals surface area contributed by atoms with Crippen molar-refractivity contribution in [1.29, 1.82) is 0 Å². The SMILES string of the molecule is O=C(Nc1c[nH]c2ccccc12)N1CCN(c2ccc(Oc3ccncc3)cc2)CC1. The molecule has 0 radical (unpaired) electrons. The second-order valence-corrected chi connectivity index (χ2v) is 7.43. The maximum absolute atomic E-state index is 12.7. The van der Waals surface area contributed by atoms with E-state index in [1.807, 2.05) is 59.6 Å². The van der Waals surface area contributed by atoms with Gasteiger partial charge in [0.25, 0.3) is 0 Å². The summed E-state index contributed by atoms with van der Waals surface area (Å²) in [6.07, 6.45) is 5.25. The fraction of sp³-hybridized carbons (Fsp3) is 0.167. The number of benzene rings is 2. The van der Waals surface area contributed by atoms with Gasteiger partial charge in [-0.15, -0.1) is 0 Å². The Balaban J connectivity index is 1.17. The highest BCUT2D eigenvalue weighted by Crippen LogP contribution is 2.26. The zero-order valence-corrected chi connectivity index (χ0v) is 17.0. The molecule has 3 heterocycles. The Hall–Kier alpha value is -4.00. The molecule has 2 aromatic carbocycles. The zero-order valence-electron chi connectivity index (χ0n) is 17.0. The van der Waals surface area contributed by atoms with E-state index in [9.17, 15) is 4.79 Å². The van der Waals surface area contributed by atoms with Crippen LogP contribution in [0, 0.1) is 0 Å². The third kappa shape index (κ3) is 4.16. The van der Waals surface area contributed by atoms with E-state index in [4.69, 9.17) is 4.74 Å². The Labute approximate surface area is 180 Å². The Bertz CT molecular complexity index is 1170. The highest BCUT2D eigenvalue weighted by molar-refractivity contribution is 6.01. The summed E-state index contributed by atoms with van der Waals surface area (Å²) in [6.45, 7) is 2.91. The average molecular weight is 413 g/mol. The van der Waals surface area contributed by atoms with Gasteiger partial charge >= 0.3 is 6.03 Å². The molecule has 156 valence electrons. The largest absolute Gasteiger partial charge is 0.457 e. The van der Waals surface area contributed by atoms with Crippen molar-refractivity contribution in [3.05, 3.63) is 79.3 Å². The quantitative estimate of drug-likeness (QED) is 0.508. The number of fused-ring (bicyclic) bond motifs is 1. The maximum Gasteiger partial charge on any atom is 0.322 e. The smallest absolute Gasteiger partial charge is 0.322 e.